The zero-order valence-electron chi connectivity index (χ0n) is 18.5. The van der Waals surface area contributed by atoms with Crippen LogP contribution in [0.15, 0.2) is 59.4 Å². The van der Waals surface area contributed by atoms with Crippen LogP contribution in [0.3, 0.4) is 0 Å². The van der Waals surface area contributed by atoms with Gasteiger partial charge in [0.05, 0.1) is 6.04 Å². The minimum Gasteiger partial charge on any atom is -0.501 e. The highest BCUT2D eigenvalue weighted by Gasteiger charge is 2.30. The highest BCUT2D eigenvalue weighted by atomic mass is 19.1. The largest absolute Gasteiger partial charge is 0.501 e. The summed E-state index contributed by atoms with van der Waals surface area (Å²) in [7, 11) is 1.57. The zero-order valence-corrected chi connectivity index (χ0v) is 18.5. The predicted octanol–water partition coefficient (Wildman–Crippen LogP) is 3.28. The van der Waals surface area contributed by atoms with E-state index in [2.05, 4.69) is 27.3 Å². The molecule has 2 aromatic carbocycles. The number of hydrogen-bond acceptors (Lipinski definition) is 5. The number of amides is 1. The van der Waals surface area contributed by atoms with Crippen LogP contribution in [0.4, 0.5) is 4.39 Å². The lowest BCUT2D eigenvalue weighted by atomic mass is 10.00. The van der Waals surface area contributed by atoms with Crippen molar-refractivity contribution in [1.29, 1.82) is 0 Å². The Kier molecular flexibility index (Phi) is 6.84. The summed E-state index contributed by atoms with van der Waals surface area (Å²) < 4.78 is 14.4. The lowest BCUT2D eigenvalue weighted by molar-refractivity contribution is 0.0938. The van der Waals surface area contributed by atoms with Crippen molar-refractivity contribution in [1.82, 2.24) is 19.8 Å². The first-order valence-corrected chi connectivity index (χ1v) is 11.0. The van der Waals surface area contributed by atoms with Gasteiger partial charge in [0.25, 0.3) is 11.5 Å². The van der Waals surface area contributed by atoms with Crippen LogP contribution in [0.5, 0.6) is 5.75 Å². The van der Waals surface area contributed by atoms with E-state index < -0.39 is 17.2 Å². The van der Waals surface area contributed by atoms with Crippen molar-refractivity contribution in [3.8, 4) is 5.75 Å². The lowest BCUT2D eigenvalue weighted by Gasteiger charge is -2.36. The van der Waals surface area contributed by atoms with Crippen molar-refractivity contribution in [2.24, 2.45) is 7.05 Å². The summed E-state index contributed by atoms with van der Waals surface area (Å²) in [6, 6.07) is 15.6. The van der Waals surface area contributed by atoms with Crippen LogP contribution < -0.4 is 10.9 Å². The van der Waals surface area contributed by atoms with Gasteiger partial charge >= 0.3 is 0 Å². The van der Waals surface area contributed by atoms with Crippen LogP contribution in [0.25, 0.3) is 0 Å². The molecule has 1 aliphatic heterocycles. The molecule has 8 heteroatoms. The molecule has 1 unspecified atom stereocenters. The Bertz CT molecular complexity index is 1180. The van der Waals surface area contributed by atoms with E-state index in [0.717, 1.165) is 31.4 Å². The Morgan fingerprint density at radius 2 is 1.85 bits per heavy atom. The highest BCUT2D eigenvalue weighted by molar-refractivity contribution is 5.94. The molecular weight excluding hydrogens is 423 g/mol. The first-order chi connectivity index (χ1) is 15.9. The summed E-state index contributed by atoms with van der Waals surface area (Å²) in [5, 5.41) is 13.0. The minimum absolute atomic E-state index is 0.119. The maximum absolute atomic E-state index is 13.1. The second kappa shape index (κ2) is 9.95. The van der Waals surface area contributed by atoms with E-state index in [0.29, 0.717) is 17.9 Å². The van der Waals surface area contributed by atoms with Crippen LogP contribution in [0, 0.1) is 5.82 Å². The third kappa shape index (κ3) is 5.12. The molecule has 0 radical (unpaired) electrons. The Hall–Kier alpha value is -3.52. The average molecular weight is 451 g/mol. The molecule has 172 valence electrons. The fraction of sp³-hybridized carbons (Fsp3) is 0.320. The van der Waals surface area contributed by atoms with E-state index in [1.54, 1.807) is 19.2 Å². The van der Waals surface area contributed by atoms with Gasteiger partial charge in [-0.2, -0.15) is 0 Å². The summed E-state index contributed by atoms with van der Waals surface area (Å²) in [6.45, 7) is 1.67. The van der Waals surface area contributed by atoms with Gasteiger partial charge in [0.1, 0.15) is 11.6 Å². The van der Waals surface area contributed by atoms with E-state index in [9.17, 15) is 19.1 Å². The summed E-state index contributed by atoms with van der Waals surface area (Å²) in [5.74, 6) is -1.24. The number of aromatic hydroxyl groups is 1. The number of aromatic nitrogens is 2. The van der Waals surface area contributed by atoms with E-state index in [1.165, 1.54) is 16.7 Å². The zero-order chi connectivity index (χ0) is 23.4. The molecule has 7 nitrogen and oxygen atoms in total. The van der Waals surface area contributed by atoms with Gasteiger partial charge in [-0.15, -0.1) is 0 Å². The standard InChI is InChI=1S/C25H27FN4O3/c1-29-23(20-9-5-6-14-30(20)16-18-7-3-2-4-8-18)28-21(22(31)25(29)33)24(32)27-15-17-10-12-19(26)13-11-17/h2-4,7-8,10-13,20,31H,5-6,9,14-16H2,1H3,(H,27,32). The number of likely N-dealkylation sites (tertiary alicyclic amines) is 1. The summed E-state index contributed by atoms with van der Waals surface area (Å²) in [4.78, 5) is 32.3. The first kappa shape index (κ1) is 22.7. The highest BCUT2D eigenvalue weighted by Crippen LogP contribution is 2.31. The minimum atomic E-state index is -0.678. The van der Waals surface area contributed by atoms with Gasteiger partial charge in [0.2, 0.25) is 5.75 Å². The maximum atomic E-state index is 13.1. The molecule has 0 bridgehead atoms. The molecule has 4 rings (SSSR count). The normalized spacial score (nSPS) is 16.5. The van der Waals surface area contributed by atoms with E-state index in [-0.39, 0.29) is 24.1 Å². The monoisotopic (exact) mass is 450 g/mol. The summed E-state index contributed by atoms with van der Waals surface area (Å²) in [6.07, 6.45) is 2.83. The molecule has 1 fully saturated rings. The van der Waals surface area contributed by atoms with Gasteiger partial charge in [-0.1, -0.05) is 48.9 Å². The van der Waals surface area contributed by atoms with Crippen LogP contribution in [0.2, 0.25) is 0 Å². The van der Waals surface area contributed by atoms with Crippen LogP contribution in [-0.2, 0) is 20.1 Å². The van der Waals surface area contributed by atoms with Crippen molar-refractivity contribution < 1.29 is 14.3 Å². The van der Waals surface area contributed by atoms with E-state index in [1.807, 2.05) is 18.2 Å². The molecule has 0 spiro atoms. The average Bonchev–Trinajstić information content (AvgIpc) is 2.83. The number of benzene rings is 2. The molecule has 1 saturated heterocycles. The van der Waals surface area contributed by atoms with Crippen LogP contribution >= 0.6 is 0 Å². The van der Waals surface area contributed by atoms with Crippen molar-refractivity contribution >= 4 is 5.91 Å². The molecule has 2 N–H and O–H groups in total. The molecule has 0 saturated carbocycles. The molecular formula is C25H27FN4O3. The van der Waals surface area contributed by atoms with E-state index in [4.69, 9.17) is 0 Å². The van der Waals surface area contributed by atoms with Gasteiger partial charge in [-0.05, 0) is 42.6 Å². The number of piperidine rings is 1. The molecule has 33 heavy (non-hydrogen) atoms. The van der Waals surface area contributed by atoms with Crippen LogP contribution in [0.1, 0.15) is 52.7 Å². The first-order valence-electron chi connectivity index (χ1n) is 11.0. The number of hydrogen-bond donors (Lipinski definition) is 2. The summed E-state index contributed by atoms with van der Waals surface area (Å²) >= 11 is 0. The lowest BCUT2D eigenvalue weighted by Crippen LogP contribution is -2.38. The second-order valence-corrected chi connectivity index (χ2v) is 8.31. The number of rotatable bonds is 6. The number of halogens is 1. The Labute approximate surface area is 191 Å². The third-order valence-corrected chi connectivity index (χ3v) is 6.02. The Morgan fingerprint density at radius 3 is 2.58 bits per heavy atom. The van der Waals surface area contributed by atoms with Crippen molar-refractivity contribution in [2.45, 2.75) is 38.4 Å². The molecule has 3 aromatic rings. The van der Waals surface area contributed by atoms with Gasteiger partial charge < -0.3 is 10.4 Å². The van der Waals surface area contributed by atoms with Crippen molar-refractivity contribution in [3.05, 3.63) is 93.4 Å². The fourth-order valence-electron chi connectivity index (χ4n) is 4.22. The van der Waals surface area contributed by atoms with Gasteiger partial charge in [0, 0.05) is 20.1 Å². The number of carbonyl (C=O) groups is 1. The fourth-order valence-corrected chi connectivity index (χ4v) is 4.22. The quantitative estimate of drug-likeness (QED) is 0.602. The van der Waals surface area contributed by atoms with E-state index >= 15 is 0 Å². The molecule has 1 atom stereocenters. The van der Waals surface area contributed by atoms with Gasteiger partial charge in [-0.3, -0.25) is 19.1 Å². The topological polar surface area (TPSA) is 87.5 Å². The Morgan fingerprint density at radius 1 is 1.12 bits per heavy atom. The van der Waals surface area contributed by atoms with Crippen molar-refractivity contribution in [2.75, 3.05) is 6.54 Å². The maximum Gasteiger partial charge on any atom is 0.296 e. The summed E-state index contributed by atoms with van der Waals surface area (Å²) in [5.41, 5.74) is 0.901. The number of nitrogens with one attached hydrogen (secondary N) is 1. The SMILES string of the molecule is Cn1c(C2CCCCN2Cc2ccccc2)nc(C(=O)NCc2ccc(F)cc2)c(O)c1=O. The van der Waals surface area contributed by atoms with Gasteiger partial charge in [0.15, 0.2) is 5.69 Å². The number of nitrogens with zero attached hydrogens (tertiary/aromatic N) is 3. The molecule has 1 aromatic heterocycles. The van der Waals surface area contributed by atoms with Crippen LogP contribution in [-0.4, -0.2) is 32.0 Å². The molecule has 1 aliphatic rings. The van der Waals surface area contributed by atoms with Crippen molar-refractivity contribution in [3.63, 3.8) is 0 Å². The predicted molar refractivity (Wildman–Crippen MR) is 122 cm³/mol. The van der Waals surface area contributed by atoms with Gasteiger partial charge in [-0.25, -0.2) is 9.37 Å². The molecule has 2 heterocycles. The third-order valence-electron chi connectivity index (χ3n) is 6.02. The second-order valence-electron chi connectivity index (χ2n) is 8.31. The Balaban J connectivity index is 1.60. The molecule has 0 aliphatic carbocycles. The number of carbonyl (C=O) groups excluding carboxylic acids is 1. The molecule has 1 amide bonds. The smallest absolute Gasteiger partial charge is 0.296 e.